The third-order valence-electron chi connectivity index (χ3n) is 3.70. The predicted molar refractivity (Wildman–Crippen MR) is 83.3 cm³/mol. The standard InChI is InChI=1S/C17H15N3O/c1-11(21)10-20-15-9-5-4-8-14(15)18-16-12-6-2-3-7-13(12)19-17(16)20/h2-9,11,21H,10H2,1H3/t11-/m0/s1. The first-order chi connectivity index (χ1) is 10.2. The van der Waals surface area contributed by atoms with Crippen molar-refractivity contribution < 1.29 is 5.11 Å². The molecule has 2 aromatic carbocycles. The van der Waals surface area contributed by atoms with E-state index in [1.54, 1.807) is 6.92 Å². The number of hydrogen-bond acceptors (Lipinski definition) is 3. The lowest BCUT2D eigenvalue weighted by molar-refractivity contribution is 0.175. The Hall–Kier alpha value is -2.46. The molecule has 4 nitrogen and oxygen atoms in total. The Morgan fingerprint density at radius 3 is 2.52 bits per heavy atom. The SMILES string of the molecule is C[C@H](O)Cn1c2nc3ccccc3c-2nc2ccccc21. The summed E-state index contributed by atoms with van der Waals surface area (Å²) in [7, 11) is 0. The molecule has 0 aliphatic carbocycles. The fourth-order valence-electron chi connectivity index (χ4n) is 2.83. The van der Waals surface area contributed by atoms with Gasteiger partial charge in [-0.05, 0) is 25.1 Å². The van der Waals surface area contributed by atoms with E-state index in [1.165, 1.54) is 0 Å². The highest BCUT2D eigenvalue weighted by atomic mass is 16.3. The van der Waals surface area contributed by atoms with E-state index in [0.717, 1.165) is 33.5 Å². The van der Waals surface area contributed by atoms with Crippen LogP contribution in [0.25, 0.3) is 33.5 Å². The molecule has 4 heteroatoms. The summed E-state index contributed by atoms with van der Waals surface area (Å²) in [5.41, 5.74) is 3.75. The molecule has 21 heavy (non-hydrogen) atoms. The first-order valence-electron chi connectivity index (χ1n) is 7.06. The van der Waals surface area contributed by atoms with Crippen LogP contribution in [-0.4, -0.2) is 25.7 Å². The number of fused-ring (bicyclic) bond motifs is 4. The Kier molecular flexibility index (Phi) is 2.65. The van der Waals surface area contributed by atoms with Crippen molar-refractivity contribution in [3.63, 3.8) is 0 Å². The fourth-order valence-corrected chi connectivity index (χ4v) is 2.83. The lowest BCUT2D eigenvalue weighted by Crippen LogP contribution is -2.16. The van der Waals surface area contributed by atoms with Gasteiger partial charge in [-0.1, -0.05) is 30.3 Å². The third-order valence-corrected chi connectivity index (χ3v) is 3.70. The Balaban J connectivity index is 2.16. The molecule has 0 spiro atoms. The molecule has 2 aliphatic heterocycles. The highest BCUT2D eigenvalue weighted by Gasteiger charge is 2.19. The Morgan fingerprint density at radius 2 is 1.71 bits per heavy atom. The first-order valence-corrected chi connectivity index (χ1v) is 7.06. The normalized spacial score (nSPS) is 13.2. The average Bonchev–Trinajstić information content (AvgIpc) is 2.85. The van der Waals surface area contributed by atoms with Crippen LogP contribution in [-0.2, 0) is 6.54 Å². The summed E-state index contributed by atoms with van der Waals surface area (Å²) in [5.74, 6) is 0.829. The maximum Gasteiger partial charge on any atom is 0.160 e. The number of nitrogens with zero attached hydrogens (tertiary/aromatic N) is 3. The maximum absolute atomic E-state index is 9.83. The quantitative estimate of drug-likeness (QED) is 0.612. The number of aliphatic hydroxyl groups excluding tert-OH is 1. The zero-order valence-electron chi connectivity index (χ0n) is 11.7. The molecule has 0 saturated heterocycles. The molecular weight excluding hydrogens is 262 g/mol. The van der Waals surface area contributed by atoms with Crippen molar-refractivity contribution in [3.8, 4) is 11.5 Å². The number of rotatable bonds is 2. The van der Waals surface area contributed by atoms with Crippen LogP contribution in [0.3, 0.4) is 0 Å². The maximum atomic E-state index is 9.83. The molecule has 0 aromatic heterocycles. The van der Waals surface area contributed by atoms with E-state index in [9.17, 15) is 5.11 Å². The van der Waals surface area contributed by atoms with Crippen molar-refractivity contribution in [1.82, 2.24) is 14.5 Å². The van der Waals surface area contributed by atoms with Gasteiger partial charge in [0.1, 0.15) is 5.69 Å². The minimum Gasteiger partial charge on any atom is -0.392 e. The lowest BCUT2D eigenvalue weighted by atomic mass is 10.2. The van der Waals surface area contributed by atoms with Crippen molar-refractivity contribution in [3.05, 3.63) is 48.5 Å². The van der Waals surface area contributed by atoms with Crippen molar-refractivity contribution in [2.45, 2.75) is 19.6 Å². The van der Waals surface area contributed by atoms with Gasteiger partial charge in [0.25, 0.3) is 0 Å². The van der Waals surface area contributed by atoms with E-state index in [1.807, 2.05) is 48.5 Å². The molecule has 4 rings (SSSR count). The fraction of sp³-hybridized carbons (Fsp3) is 0.176. The number of aliphatic hydroxyl groups is 1. The molecule has 1 N–H and O–H groups in total. The van der Waals surface area contributed by atoms with Crippen molar-refractivity contribution >= 4 is 21.9 Å². The third kappa shape index (κ3) is 1.87. The van der Waals surface area contributed by atoms with Gasteiger partial charge in [0.05, 0.1) is 29.2 Å². The molecular formula is C17H15N3O. The summed E-state index contributed by atoms with van der Waals surface area (Å²) in [6.07, 6.45) is -0.441. The summed E-state index contributed by atoms with van der Waals surface area (Å²) in [6.45, 7) is 2.29. The molecule has 2 heterocycles. The summed E-state index contributed by atoms with van der Waals surface area (Å²) in [4.78, 5) is 9.48. The molecule has 104 valence electrons. The smallest absolute Gasteiger partial charge is 0.160 e. The predicted octanol–water partition coefficient (Wildman–Crippen LogP) is 3.07. The molecule has 0 unspecified atom stereocenters. The van der Waals surface area contributed by atoms with Gasteiger partial charge in [0.2, 0.25) is 0 Å². The van der Waals surface area contributed by atoms with Crippen LogP contribution in [0.15, 0.2) is 48.5 Å². The van der Waals surface area contributed by atoms with Crippen LogP contribution in [0, 0.1) is 0 Å². The summed E-state index contributed by atoms with van der Waals surface area (Å²) in [6, 6.07) is 16.0. The molecule has 1 atom stereocenters. The number of para-hydroxylation sites is 3. The topological polar surface area (TPSA) is 50.9 Å². The van der Waals surface area contributed by atoms with E-state index >= 15 is 0 Å². The van der Waals surface area contributed by atoms with Gasteiger partial charge >= 0.3 is 0 Å². The molecule has 0 amide bonds. The molecule has 0 bridgehead atoms. The van der Waals surface area contributed by atoms with E-state index in [-0.39, 0.29) is 0 Å². The van der Waals surface area contributed by atoms with E-state index in [2.05, 4.69) is 4.57 Å². The van der Waals surface area contributed by atoms with Crippen LogP contribution in [0.5, 0.6) is 0 Å². The lowest BCUT2D eigenvalue weighted by Gasteiger charge is -2.16. The summed E-state index contributed by atoms with van der Waals surface area (Å²) in [5, 5.41) is 10.9. The van der Waals surface area contributed by atoms with Gasteiger partial charge in [-0.3, -0.25) is 0 Å². The van der Waals surface area contributed by atoms with Crippen LogP contribution >= 0.6 is 0 Å². The van der Waals surface area contributed by atoms with Gasteiger partial charge < -0.3 is 9.67 Å². The van der Waals surface area contributed by atoms with Gasteiger partial charge in [-0.25, -0.2) is 9.97 Å². The van der Waals surface area contributed by atoms with Crippen molar-refractivity contribution in [2.24, 2.45) is 0 Å². The monoisotopic (exact) mass is 277 g/mol. The molecule has 2 aliphatic rings. The zero-order chi connectivity index (χ0) is 14.4. The minimum atomic E-state index is -0.441. The van der Waals surface area contributed by atoms with Crippen LogP contribution in [0.1, 0.15) is 6.92 Å². The number of benzene rings is 2. The van der Waals surface area contributed by atoms with Crippen molar-refractivity contribution in [2.75, 3.05) is 0 Å². The van der Waals surface area contributed by atoms with Crippen molar-refractivity contribution in [1.29, 1.82) is 0 Å². The summed E-state index contributed by atoms with van der Waals surface area (Å²) >= 11 is 0. The molecule has 0 saturated carbocycles. The van der Waals surface area contributed by atoms with Gasteiger partial charge in [-0.2, -0.15) is 0 Å². The van der Waals surface area contributed by atoms with Gasteiger partial charge in [0.15, 0.2) is 5.82 Å². The highest BCUT2D eigenvalue weighted by molar-refractivity contribution is 5.97. The summed E-state index contributed by atoms with van der Waals surface area (Å²) < 4.78 is 2.06. The second-order valence-electron chi connectivity index (χ2n) is 5.36. The highest BCUT2D eigenvalue weighted by Crippen LogP contribution is 2.32. The number of aromatic nitrogens is 3. The number of hydrogen-bond donors (Lipinski definition) is 1. The average molecular weight is 277 g/mol. The Labute approximate surface area is 122 Å². The van der Waals surface area contributed by atoms with E-state index in [4.69, 9.17) is 9.97 Å². The zero-order valence-corrected chi connectivity index (χ0v) is 11.7. The second kappa shape index (κ2) is 4.53. The van der Waals surface area contributed by atoms with E-state index < -0.39 is 6.10 Å². The van der Waals surface area contributed by atoms with Gasteiger partial charge in [0, 0.05) is 5.39 Å². The van der Waals surface area contributed by atoms with Crippen LogP contribution in [0.2, 0.25) is 0 Å². The molecule has 2 aromatic rings. The van der Waals surface area contributed by atoms with Crippen LogP contribution in [0.4, 0.5) is 0 Å². The van der Waals surface area contributed by atoms with E-state index in [0.29, 0.717) is 6.54 Å². The second-order valence-corrected chi connectivity index (χ2v) is 5.36. The largest absolute Gasteiger partial charge is 0.392 e. The Morgan fingerprint density at radius 1 is 1.00 bits per heavy atom. The molecule has 0 fully saturated rings. The van der Waals surface area contributed by atoms with Gasteiger partial charge in [-0.15, -0.1) is 0 Å². The minimum absolute atomic E-state index is 0.441. The molecule has 0 radical (unpaired) electrons. The van der Waals surface area contributed by atoms with Crippen LogP contribution < -0.4 is 0 Å². The first kappa shape index (κ1) is 12.3. The Bertz CT molecular complexity index is 910.